The quantitative estimate of drug-likeness (QED) is 0.616. The van der Waals surface area contributed by atoms with Crippen LogP contribution >= 0.6 is 0 Å². The van der Waals surface area contributed by atoms with Crippen molar-refractivity contribution < 1.29 is 0 Å². The highest BCUT2D eigenvalue weighted by molar-refractivity contribution is 4.63. The molecule has 4 N–H and O–H groups in total. The highest BCUT2D eigenvalue weighted by atomic mass is 14.6. The van der Waals surface area contributed by atoms with Crippen molar-refractivity contribution in [1.29, 1.82) is 0 Å². The molecule has 0 spiro atoms. The summed E-state index contributed by atoms with van der Waals surface area (Å²) >= 11 is 0. The number of unbranched alkanes of at least 4 members (excludes halogenated alkanes) is 1. The molecule has 0 aliphatic heterocycles. The molecule has 0 aliphatic rings. The highest BCUT2D eigenvalue weighted by Gasteiger charge is 2.04. The SMILES string of the molecule is CCCCC(N)CCC(C)CN. The van der Waals surface area contributed by atoms with E-state index in [0.717, 1.165) is 13.0 Å². The van der Waals surface area contributed by atoms with Crippen molar-refractivity contribution in [2.45, 2.75) is 52.0 Å². The minimum atomic E-state index is 0.402. The van der Waals surface area contributed by atoms with Crippen LogP contribution in [0.2, 0.25) is 0 Å². The van der Waals surface area contributed by atoms with E-state index in [1.165, 1.54) is 25.7 Å². The summed E-state index contributed by atoms with van der Waals surface area (Å²) in [5.41, 5.74) is 11.4. The Hall–Kier alpha value is -0.0800. The van der Waals surface area contributed by atoms with Crippen LogP contribution in [0.3, 0.4) is 0 Å². The van der Waals surface area contributed by atoms with Gasteiger partial charge in [-0.15, -0.1) is 0 Å². The summed E-state index contributed by atoms with van der Waals surface area (Å²) in [6.45, 7) is 5.18. The Morgan fingerprint density at radius 3 is 2.33 bits per heavy atom. The van der Waals surface area contributed by atoms with E-state index in [-0.39, 0.29) is 0 Å². The van der Waals surface area contributed by atoms with E-state index >= 15 is 0 Å². The molecular formula is C10H24N2. The number of rotatable bonds is 7. The third-order valence-corrected chi connectivity index (χ3v) is 2.36. The van der Waals surface area contributed by atoms with Gasteiger partial charge in [-0.1, -0.05) is 26.7 Å². The molecule has 0 fully saturated rings. The Morgan fingerprint density at radius 1 is 1.17 bits per heavy atom. The topological polar surface area (TPSA) is 52.0 Å². The van der Waals surface area contributed by atoms with E-state index in [1.807, 2.05) is 0 Å². The molecule has 0 heterocycles. The minimum Gasteiger partial charge on any atom is -0.330 e. The highest BCUT2D eigenvalue weighted by Crippen LogP contribution is 2.09. The standard InChI is InChI=1S/C10H24N2/c1-3-4-5-10(12)7-6-9(2)8-11/h9-10H,3-8,11-12H2,1-2H3. The first kappa shape index (κ1) is 11.9. The zero-order chi connectivity index (χ0) is 9.40. The maximum absolute atomic E-state index is 5.92. The first-order valence-electron chi connectivity index (χ1n) is 5.16. The fourth-order valence-electron chi connectivity index (χ4n) is 1.23. The van der Waals surface area contributed by atoms with Gasteiger partial charge < -0.3 is 11.5 Å². The summed E-state index contributed by atoms with van der Waals surface area (Å²) in [6.07, 6.45) is 6.01. The first-order valence-corrected chi connectivity index (χ1v) is 5.16. The fraction of sp³-hybridized carbons (Fsp3) is 1.00. The third-order valence-electron chi connectivity index (χ3n) is 2.36. The maximum Gasteiger partial charge on any atom is 0.00389 e. The van der Waals surface area contributed by atoms with Gasteiger partial charge in [-0.25, -0.2) is 0 Å². The number of hydrogen-bond donors (Lipinski definition) is 2. The van der Waals surface area contributed by atoms with Gasteiger partial charge in [0.05, 0.1) is 0 Å². The van der Waals surface area contributed by atoms with Gasteiger partial charge in [0.25, 0.3) is 0 Å². The van der Waals surface area contributed by atoms with Gasteiger partial charge in [0.15, 0.2) is 0 Å². The maximum atomic E-state index is 5.92. The van der Waals surface area contributed by atoms with E-state index in [1.54, 1.807) is 0 Å². The van der Waals surface area contributed by atoms with Gasteiger partial charge in [0, 0.05) is 6.04 Å². The van der Waals surface area contributed by atoms with Gasteiger partial charge in [0.1, 0.15) is 0 Å². The van der Waals surface area contributed by atoms with Crippen LogP contribution in [0.5, 0.6) is 0 Å². The molecule has 2 nitrogen and oxygen atoms in total. The van der Waals surface area contributed by atoms with Gasteiger partial charge >= 0.3 is 0 Å². The molecule has 0 bridgehead atoms. The summed E-state index contributed by atoms with van der Waals surface area (Å²) in [5.74, 6) is 0.637. The van der Waals surface area contributed by atoms with Gasteiger partial charge in [0.2, 0.25) is 0 Å². The van der Waals surface area contributed by atoms with Crippen molar-refractivity contribution in [2.75, 3.05) is 6.54 Å². The third kappa shape index (κ3) is 6.62. The minimum absolute atomic E-state index is 0.402. The predicted molar refractivity (Wildman–Crippen MR) is 55.0 cm³/mol. The summed E-state index contributed by atoms with van der Waals surface area (Å²) in [6, 6.07) is 0.402. The van der Waals surface area contributed by atoms with E-state index in [9.17, 15) is 0 Å². The van der Waals surface area contributed by atoms with E-state index in [2.05, 4.69) is 13.8 Å². The molecule has 2 unspecified atom stereocenters. The second-order valence-corrected chi connectivity index (χ2v) is 3.82. The molecule has 0 saturated heterocycles. The van der Waals surface area contributed by atoms with Crippen molar-refractivity contribution in [1.82, 2.24) is 0 Å². The van der Waals surface area contributed by atoms with E-state index < -0.39 is 0 Å². The molecule has 0 amide bonds. The zero-order valence-electron chi connectivity index (χ0n) is 8.55. The van der Waals surface area contributed by atoms with Crippen molar-refractivity contribution in [3.05, 3.63) is 0 Å². The lowest BCUT2D eigenvalue weighted by atomic mass is 9.99. The normalized spacial score (nSPS) is 16.0. The lowest BCUT2D eigenvalue weighted by molar-refractivity contribution is 0.453. The lowest BCUT2D eigenvalue weighted by Gasteiger charge is -2.13. The van der Waals surface area contributed by atoms with Crippen LogP contribution < -0.4 is 11.5 Å². The van der Waals surface area contributed by atoms with Gasteiger partial charge in [-0.05, 0) is 31.7 Å². The molecule has 0 aromatic rings. The Kier molecular flexibility index (Phi) is 7.51. The molecule has 0 aromatic carbocycles. The summed E-state index contributed by atoms with van der Waals surface area (Å²) in [7, 11) is 0. The van der Waals surface area contributed by atoms with Gasteiger partial charge in [-0.2, -0.15) is 0 Å². The average Bonchev–Trinajstić information content (AvgIpc) is 2.10. The fourth-order valence-corrected chi connectivity index (χ4v) is 1.23. The molecule has 0 radical (unpaired) electrons. The monoisotopic (exact) mass is 172 g/mol. The van der Waals surface area contributed by atoms with Crippen LogP contribution in [0.15, 0.2) is 0 Å². The number of hydrogen-bond acceptors (Lipinski definition) is 2. The Bertz CT molecular complexity index is 93.8. The summed E-state index contributed by atoms with van der Waals surface area (Å²) in [5, 5.41) is 0. The second-order valence-electron chi connectivity index (χ2n) is 3.82. The summed E-state index contributed by atoms with van der Waals surface area (Å²) < 4.78 is 0. The molecule has 2 atom stereocenters. The molecule has 2 heteroatoms. The van der Waals surface area contributed by atoms with Crippen LogP contribution in [-0.4, -0.2) is 12.6 Å². The predicted octanol–water partition coefficient (Wildman–Crippen LogP) is 1.88. The van der Waals surface area contributed by atoms with Gasteiger partial charge in [-0.3, -0.25) is 0 Å². The Morgan fingerprint density at radius 2 is 1.83 bits per heavy atom. The zero-order valence-corrected chi connectivity index (χ0v) is 8.55. The van der Waals surface area contributed by atoms with E-state index in [4.69, 9.17) is 11.5 Å². The molecular weight excluding hydrogens is 148 g/mol. The second kappa shape index (κ2) is 7.56. The Labute approximate surface area is 76.7 Å². The first-order chi connectivity index (χ1) is 5.70. The van der Waals surface area contributed by atoms with Crippen molar-refractivity contribution in [2.24, 2.45) is 17.4 Å². The van der Waals surface area contributed by atoms with Crippen molar-refractivity contribution in [3.8, 4) is 0 Å². The Balaban J connectivity index is 3.24. The van der Waals surface area contributed by atoms with Crippen LogP contribution in [0.1, 0.15) is 46.0 Å². The van der Waals surface area contributed by atoms with E-state index in [0.29, 0.717) is 12.0 Å². The lowest BCUT2D eigenvalue weighted by Crippen LogP contribution is -2.22. The molecule has 0 rings (SSSR count). The molecule has 12 heavy (non-hydrogen) atoms. The van der Waals surface area contributed by atoms with Crippen molar-refractivity contribution in [3.63, 3.8) is 0 Å². The number of nitrogens with two attached hydrogens (primary N) is 2. The smallest absolute Gasteiger partial charge is 0.00389 e. The average molecular weight is 172 g/mol. The van der Waals surface area contributed by atoms with Crippen molar-refractivity contribution >= 4 is 0 Å². The van der Waals surface area contributed by atoms with Crippen LogP contribution in [0, 0.1) is 5.92 Å². The van der Waals surface area contributed by atoms with Crippen LogP contribution in [-0.2, 0) is 0 Å². The molecule has 0 aliphatic carbocycles. The summed E-state index contributed by atoms with van der Waals surface area (Å²) in [4.78, 5) is 0. The van der Waals surface area contributed by atoms with Crippen LogP contribution in [0.25, 0.3) is 0 Å². The molecule has 0 saturated carbocycles. The van der Waals surface area contributed by atoms with Crippen LogP contribution in [0.4, 0.5) is 0 Å². The molecule has 74 valence electrons. The largest absolute Gasteiger partial charge is 0.330 e. The molecule has 0 aromatic heterocycles.